The van der Waals surface area contributed by atoms with Gasteiger partial charge in [-0.3, -0.25) is 9.59 Å². The molecule has 5 saturated heterocycles. The van der Waals surface area contributed by atoms with Crippen LogP contribution in [-0.4, -0.2) is 207 Å². The van der Waals surface area contributed by atoms with E-state index in [4.69, 9.17) is 66.7 Å². The van der Waals surface area contributed by atoms with Crippen LogP contribution in [0.4, 0.5) is 0 Å². The van der Waals surface area contributed by atoms with Crippen LogP contribution in [0.2, 0.25) is 0 Å². The first kappa shape index (κ1) is 71.2. The van der Waals surface area contributed by atoms with E-state index in [9.17, 15) is 34.8 Å². The molecule has 22 atom stereocenters. The summed E-state index contributed by atoms with van der Waals surface area (Å²) in [4.78, 5) is 39.5. The smallest absolute Gasteiger partial charge is 0.328 e. The maximum atomic E-state index is 14.9. The molecule has 486 valence electrons. The summed E-state index contributed by atoms with van der Waals surface area (Å²) in [6.07, 6.45) is 7.66. The van der Waals surface area contributed by atoms with Gasteiger partial charge in [0.1, 0.15) is 36.4 Å². The van der Waals surface area contributed by atoms with Crippen molar-refractivity contribution in [1.82, 2.24) is 5.32 Å². The Balaban J connectivity index is 1.19. The molecular formula is C65H95NO21. The first-order chi connectivity index (χ1) is 41.5. The van der Waals surface area contributed by atoms with Gasteiger partial charge in [0.05, 0.1) is 74.1 Å². The van der Waals surface area contributed by atoms with Crippen LogP contribution in [0.15, 0.2) is 115 Å². The van der Waals surface area contributed by atoms with Crippen LogP contribution in [0.25, 0.3) is 0 Å². The normalized spacial score (nSPS) is 36.3. The quantitative estimate of drug-likeness (QED) is 0.0343. The number of carbonyl (C=O) groups excluding carboxylic acids is 2. The molecule has 4 unspecified atom stereocenters. The molecule has 0 saturated carbocycles. The molecule has 5 heterocycles. The van der Waals surface area contributed by atoms with Crippen LogP contribution < -0.4 is 5.32 Å². The Morgan fingerprint density at radius 2 is 1.36 bits per heavy atom. The van der Waals surface area contributed by atoms with E-state index in [1.807, 2.05) is 33.8 Å². The lowest BCUT2D eigenvalue weighted by Crippen LogP contribution is -2.71. The molecule has 0 radical (unpaired) electrons. The lowest BCUT2D eigenvalue weighted by molar-refractivity contribution is -0.368. The van der Waals surface area contributed by atoms with Gasteiger partial charge in [-0.15, -0.1) is 0 Å². The van der Waals surface area contributed by atoms with Crippen molar-refractivity contribution in [2.75, 3.05) is 41.6 Å². The van der Waals surface area contributed by atoms with E-state index in [0.29, 0.717) is 18.4 Å². The molecule has 0 aliphatic carbocycles. The summed E-state index contributed by atoms with van der Waals surface area (Å²) in [7, 11) is 6.24. The fourth-order valence-corrected chi connectivity index (χ4v) is 11.8. The number of methoxy groups -OCH3 is 4. The average Bonchev–Trinajstić information content (AvgIpc) is 1.73. The van der Waals surface area contributed by atoms with Crippen LogP contribution in [0.3, 0.4) is 0 Å². The number of hydrogen-bond acceptors (Lipinski definition) is 20. The van der Waals surface area contributed by atoms with Gasteiger partial charge >= 0.3 is 11.9 Å². The number of ether oxygens (including phenoxy) is 13. The Labute approximate surface area is 512 Å². The van der Waals surface area contributed by atoms with Crippen LogP contribution in [0.5, 0.6) is 0 Å². The van der Waals surface area contributed by atoms with E-state index in [1.165, 1.54) is 20.3 Å². The van der Waals surface area contributed by atoms with Crippen LogP contribution in [-0.2, 0) is 82.4 Å². The number of amides is 1. The van der Waals surface area contributed by atoms with Crippen molar-refractivity contribution in [2.45, 2.75) is 210 Å². The van der Waals surface area contributed by atoms with Crippen molar-refractivity contribution in [2.24, 2.45) is 17.3 Å². The van der Waals surface area contributed by atoms with Crippen molar-refractivity contribution in [1.29, 1.82) is 0 Å². The topological polar surface area (TPSA) is 284 Å². The predicted molar refractivity (Wildman–Crippen MR) is 318 cm³/mol. The predicted octanol–water partition coefficient (Wildman–Crippen LogP) is 5.50. The van der Waals surface area contributed by atoms with Crippen molar-refractivity contribution in [3.05, 3.63) is 120 Å². The number of carbonyl (C=O) groups is 3. The number of aliphatic hydroxyl groups excluding tert-OH is 3. The van der Waals surface area contributed by atoms with Gasteiger partial charge in [-0.25, -0.2) is 4.79 Å². The van der Waals surface area contributed by atoms with E-state index in [1.54, 1.807) is 133 Å². The summed E-state index contributed by atoms with van der Waals surface area (Å²) >= 11 is 0. The minimum absolute atomic E-state index is 0.0572. The SMILES string of the molecule is CC=CC=C[C@@H]1O[C@](O)(C(CO[C@@H]2C[C@@H](OC)C(O[C@H]3C[C@H](OC)[C@H](O[C@@H]4C[C@@H](OC)[C@@H](O)[C@@H](C)O4)[C@@H](C)O3)[C@@H](C)O2)C(=O)NC/C=C/C=C(\C)C(OC)[C@@H](C)C2C[C@@H](O)[C@@H](/C=C/C=C/C=C/C(=O)O)O2)[C@H](OC(=O)Cc2ccccc2)[C@H](O)C1(C)C. The Kier molecular flexibility index (Phi) is 27.7. The fraction of sp³-hybridized carbons (Fsp3) is 0.646. The van der Waals surface area contributed by atoms with Gasteiger partial charge in [-0.2, -0.15) is 0 Å². The van der Waals surface area contributed by atoms with Gasteiger partial charge in [0.15, 0.2) is 25.0 Å². The average molecular weight is 1230 g/mol. The Morgan fingerprint density at radius 1 is 0.759 bits per heavy atom. The third-order valence-corrected chi connectivity index (χ3v) is 16.9. The van der Waals surface area contributed by atoms with Crippen molar-refractivity contribution < 1.29 is 101 Å². The zero-order valence-corrected chi connectivity index (χ0v) is 52.2. The third kappa shape index (κ3) is 19.1. The molecule has 22 nitrogen and oxygen atoms in total. The van der Waals surface area contributed by atoms with Gasteiger partial charge < -0.3 is 92.4 Å². The number of rotatable bonds is 28. The lowest BCUT2D eigenvalue weighted by Gasteiger charge is -2.54. The molecule has 0 bridgehead atoms. The third-order valence-electron chi connectivity index (χ3n) is 16.9. The molecule has 1 aromatic carbocycles. The summed E-state index contributed by atoms with van der Waals surface area (Å²) < 4.78 is 80.6. The second-order valence-corrected chi connectivity index (χ2v) is 23.5. The number of nitrogens with one attached hydrogen (secondary N) is 1. The zero-order chi connectivity index (χ0) is 63.6. The summed E-state index contributed by atoms with van der Waals surface area (Å²) in [6.45, 7) is 13.9. The van der Waals surface area contributed by atoms with E-state index in [-0.39, 0.29) is 37.8 Å². The maximum Gasteiger partial charge on any atom is 0.328 e. The fourth-order valence-electron chi connectivity index (χ4n) is 11.8. The highest BCUT2D eigenvalue weighted by Gasteiger charge is 2.63. The number of aliphatic carboxylic acids is 1. The molecule has 0 spiro atoms. The number of carboxylic acids is 1. The second kappa shape index (κ2) is 33.8. The van der Waals surface area contributed by atoms with Gasteiger partial charge in [-0.05, 0) is 45.8 Å². The number of benzene rings is 1. The Bertz CT molecular complexity index is 2530. The Morgan fingerprint density at radius 3 is 1.98 bits per heavy atom. The van der Waals surface area contributed by atoms with Crippen molar-refractivity contribution in [3.8, 4) is 0 Å². The van der Waals surface area contributed by atoms with Crippen LogP contribution >= 0.6 is 0 Å². The number of carboxylic acid groups (broad SMARTS) is 1. The number of allylic oxidation sites excluding steroid dienone is 9. The van der Waals surface area contributed by atoms with E-state index >= 15 is 0 Å². The van der Waals surface area contributed by atoms with E-state index in [0.717, 1.165) is 11.6 Å². The second-order valence-electron chi connectivity index (χ2n) is 23.5. The van der Waals surface area contributed by atoms with Gasteiger partial charge in [0, 0.05) is 78.1 Å². The standard InChI is InChI=1S/C65H95NO21/c1-13-14-18-29-51-64(7,8)61(72)62(84-53(70)32-43-26-19-17-20-27-43)65(74,87-51)44(63(73)66-31-24-23-25-38(2)58(78-12)39(3)47-33-45(67)46(83-47)28-21-15-16-22-30-52(68)69)37-79-54-35-49(76-10)59(41(5)81-54)86-56-36-50(77-11)60(42(6)82-56)85-55-34-48(75-9)57(71)40(4)80-55/h13-30,39-42,44-51,54-62,67,71-72,74H,31-37H2,1-12H3,(H,66,73)(H,68,69)/b14-13?,16-15+,24-23+,28-21+,29-18?,30-22+,38-25+/t39-,40+,41+,42+,44?,45+,46+,47?,48+,49+,50-,51-,54-,55+,56-,57-,58?,59?,60+,61-,62+,65+/m0/s1. The lowest BCUT2D eigenvalue weighted by atomic mass is 9.71. The van der Waals surface area contributed by atoms with Gasteiger partial charge in [-0.1, -0.05) is 124 Å². The van der Waals surface area contributed by atoms with Crippen molar-refractivity contribution >= 4 is 17.8 Å². The first-order valence-electron chi connectivity index (χ1n) is 30.0. The number of esters is 1. The summed E-state index contributed by atoms with van der Waals surface area (Å²) in [5, 5.41) is 58.5. The maximum absolute atomic E-state index is 14.9. The monoisotopic (exact) mass is 1230 g/mol. The van der Waals surface area contributed by atoms with Crippen molar-refractivity contribution in [3.63, 3.8) is 0 Å². The number of hydrogen-bond donors (Lipinski definition) is 6. The van der Waals surface area contributed by atoms with Crippen LogP contribution in [0.1, 0.15) is 86.6 Å². The molecular weight excluding hydrogens is 1130 g/mol. The van der Waals surface area contributed by atoms with Gasteiger partial charge in [0.2, 0.25) is 11.7 Å². The zero-order valence-electron chi connectivity index (χ0n) is 52.2. The summed E-state index contributed by atoms with van der Waals surface area (Å²) in [6, 6.07) is 8.84. The van der Waals surface area contributed by atoms with Gasteiger partial charge in [0.25, 0.3) is 0 Å². The summed E-state index contributed by atoms with van der Waals surface area (Å²) in [5.41, 5.74) is 0.265. The van der Waals surface area contributed by atoms with Crippen LogP contribution in [0, 0.1) is 17.3 Å². The minimum atomic E-state index is -2.71. The molecule has 87 heavy (non-hydrogen) atoms. The van der Waals surface area contributed by atoms with E-state index < -0.39 is 152 Å². The highest BCUT2D eigenvalue weighted by Crippen LogP contribution is 2.46. The molecule has 6 N–H and O–H groups in total. The minimum Gasteiger partial charge on any atom is -0.478 e. The number of aliphatic hydroxyl groups is 4. The first-order valence-corrected chi connectivity index (χ1v) is 30.0. The summed E-state index contributed by atoms with van der Waals surface area (Å²) in [5.74, 6) is -7.19. The van der Waals surface area contributed by atoms with E-state index in [2.05, 4.69) is 5.32 Å². The molecule has 0 aromatic heterocycles. The highest BCUT2D eigenvalue weighted by molar-refractivity contribution is 5.81. The molecule has 5 aliphatic heterocycles. The molecule has 1 amide bonds. The molecule has 1 aromatic rings. The largest absolute Gasteiger partial charge is 0.478 e. The molecule has 22 heteroatoms. The molecule has 6 rings (SSSR count). The molecule has 5 fully saturated rings. The molecule has 5 aliphatic rings. The highest BCUT2D eigenvalue weighted by atomic mass is 16.7. The Hall–Kier alpha value is -4.83.